The molecule has 0 aliphatic rings. The third-order valence-electron chi connectivity index (χ3n) is 5.83. The SMILES string of the molecule is CCCCCCCC/C=C\CCCCCCCC(=O)[O-].CCCCCCCC[N+](C)(C)C. The molecule has 0 atom stereocenters. The van der Waals surface area contributed by atoms with E-state index in [2.05, 4.69) is 47.1 Å². The first-order chi connectivity index (χ1) is 15.3. The standard InChI is InChI=1S/C18H34O2.C11H26N/c1-2-3-4-5-6-7-8-9-10-11-12-13-14-15-16-17-18(19)20;1-5-6-7-8-9-10-11-12(2,3)4/h9-10H,2-8,11-17H2,1H3,(H,19,20);5-11H2,1-4H3/q;+1/p-1/b10-9-;. The van der Waals surface area contributed by atoms with Gasteiger partial charge < -0.3 is 14.4 Å². The molecule has 0 spiro atoms. The molecule has 0 unspecified atom stereocenters. The second-order valence-corrected chi connectivity index (χ2v) is 10.5. The Hall–Kier alpha value is -0.830. The Morgan fingerprint density at radius 2 is 0.969 bits per heavy atom. The maximum absolute atomic E-state index is 10.2. The maximum Gasteiger partial charge on any atom is 0.0780 e. The molecule has 3 heteroatoms. The van der Waals surface area contributed by atoms with Crippen LogP contribution in [0, 0.1) is 0 Å². The van der Waals surface area contributed by atoms with Gasteiger partial charge in [0.25, 0.3) is 0 Å². The Kier molecular flexibility index (Phi) is 27.5. The Morgan fingerprint density at radius 1 is 0.594 bits per heavy atom. The summed E-state index contributed by atoms with van der Waals surface area (Å²) in [4.78, 5) is 10.2. The zero-order chi connectivity index (χ0) is 24.3. The fourth-order valence-corrected chi connectivity index (χ4v) is 3.71. The van der Waals surface area contributed by atoms with Crippen molar-refractivity contribution < 1.29 is 14.4 Å². The van der Waals surface area contributed by atoms with Gasteiger partial charge in [0.15, 0.2) is 0 Å². The van der Waals surface area contributed by atoms with Crippen LogP contribution in [0.25, 0.3) is 0 Å². The Labute approximate surface area is 202 Å². The zero-order valence-electron chi connectivity index (χ0n) is 22.8. The first-order valence-corrected chi connectivity index (χ1v) is 14.0. The third kappa shape index (κ3) is 36.5. The summed E-state index contributed by atoms with van der Waals surface area (Å²) in [5, 5.41) is 10.2. The lowest BCUT2D eigenvalue weighted by atomic mass is 10.1. The first kappa shape index (κ1) is 33.3. The molecule has 3 nitrogen and oxygen atoms in total. The van der Waals surface area contributed by atoms with E-state index in [1.165, 1.54) is 109 Å². The highest BCUT2D eigenvalue weighted by Gasteiger charge is 2.04. The van der Waals surface area contributed by atoms with Gasteiger partial charge in [-0.05, 0) is 51.4 Å². The van der Waals surface area contributed by atoms with Gasteiger partial charge in [-0.25, -0.2) is 0 Å². The summed E-state index contributed by atoms with van der Waals surface area (Å²) in [5.41, 5.74) is 0. The number of hydrogen-bond donors (Lipinski definition) is 0. The second-order valence-electron chi connectivity index (χ2n) is 10.5. The highest BCUT2D eigenvalue weighted by atomic mass is 16.4. The average molecular weight is 454 g/mol. The van der Waals surface area contributed by atoms with E-state index in [9.17, 15) is 9.90 Å². The third-order valence-corrected chi connectivity index (χ3v) is 5.83. The fourth-order valence-electron chi connectivity index (χ4n) is 3.71. The van der Waals surface area contributed by atoms with Crippen LogP contribution < -0.4 is 5.11 Å². The summed E-state index contributed by atoms with van der Waals surface area (Å²) in [6.07, 6.45) is 29.4. The molecule has 0 aliphatic carbocycles. The molecule has 0 fully saturated rings. The van der Waals surface area contributed by atoms with Crippen molar-refractivity contribution in [2.45, 2.75) is 142 Å². The number of aliphatic carboxylic acids is 1. The zero-order valence-corrected chi connectivity index (χ0v) is 22.8. The predicted octanol–water partition coefficient (Wildman–Crippen LogP) is 7.83. The Balaban J connectivity index is 0. The van der Waals surface area contributed by atoms with Crippen LogP contribution in [0.1, 0.15) is 142 Å². The van der Waals surface area contributed by atoms with Gasteiger partial charge in [0.05, 0.1) is 27.7 Å². The largest absolute Gasteiger partial charge is 0.550 e. The Morgan fingerprint density at radius 3 is 1.38 bits per heavy atom. The van der Waals surface area contributed by atoms with E-state index >= 15 is 0 Å². The van der Waals surface area contributed by atoms with Crippen LogP contribution >= 0.6 is 0 Å². The van der Waals surface area contributed by atoms with E-state index in [4.69, 9.17) is 0 Å². The number of nitrogens with zero attached hydrogens (tertiary/aromatic N) is 1. The van der Waals surface area contributed by atoms with Gasteiger partial charge in [0, 0.05) is 5.97 Å². The van der Waals surface area contributed by atoms with Crippen molar-refractivity contribution in [2.75, 3.05) is 27.7 Å². The van der Waals surface area contributed by atoms with Crippen LogP contribution in [0.2, 0.25) is 0 Å². The van der Waals surface area contributed by atoms with Crippen LogP contribution in [0.5, 0.6) is 0 Å². The van der Waals surface area contributed by atoms with E-state index in [1.807, 2.05) is 0 Å². The van der Waals surface area contributed by atoms with E-state index in [0.29, 0.717) is 0 Å². The molecule has 32 heavy (non-hydrogen) atoms. The minimum absolute atomic E-state index is 0.220. The van der Waals surface area contributed by atoms with E-state index in [-0.39, 0.29) is 6.42 Å². The van der Waals surface area contributed by atoms with Gasteiger partial charge in [-0.3, -0.25) is 0 Å². The lowest BCUT2D eigenvalue weighted by Gasteiger charge is -2.23. The molecule has 192 valence electrons. The number of unbranched alkanes of at least 4 members (excludes halogenated alkanes) is 16. The summed E-state index contributed by atoms with van der Waals surface area (Å²) in [6, 6.07) is 0. The first-order valence-electron chi connectivity index (χ1n) is 14.0. The molecule has 0 aliphatic heterocycles. The highest BCUT2D eigenvalue weighted by molar-refractivity contribution is 5.63. The Bertz CT molecular complexity index is 398. The predicted molar refractivity (Wildman–Crippen MR) is 141 cm³/mol. The van der Waals surface area contributed by atoms with Gasteiger partial charge >= 0.3 is 0 Å². The molecule has 0 aromatic carbocycles. The molecule has 0 bridgehead atoms. The van der Waals surface area contributed by atoms with Crippen LogP contribution in [-0.2, 0) is 4.79 Å². The molecule has 0 aromatic heterocycles. The molecule has 0 aromatic rings. The van der Waals surface area contributed by atoms with Crippen molar-refractivity contribution in [3.63, 3.8) is 0 Å². The summed E-state index contributed by atoms with van der Waals surface area (Å²) < 4.78 is 1.12. The number of carbonyl (C=O) groups excluding carboxylic acids is 1. The number of allylic oxidation sites excluding steroid dienone is 2. The summed E-state index contributed by atoms with van der Waals surface area (Å²) >= 11 is 0. The minimum Gasteiger partial charge on any atom is -0.550 e. The van der Waals surface area contributed by atoms with Crippen LogP contribution in [0.3, 0.4) is 0 Å². The number of carboxylic acids is 1. The summed E-state index contributed by atoms with van der Waals surface area (Å²) in [5.74, 6) is -0.914. The monoisotopic (exact) mass is 453 g/mol. The smallest absolute Gasteiger partial charge is 0.0780 e. The van der Waals surface area contributed by atoms with Crippen LogP contribution in [0.4, 0.5) is 0 Å². The molecule has 0 N–H and O–H groups in total. The molecule has 0 radical (unpaired) electrons. The van der Waals surface area contributed by atoms with Gasteiger partial charge in [0.2, 0.25) is 0 Å². The van der Waals surface area contributed by atoms with Crippen molar-refractivity contribution >= 4 is 5.97 Å². The lowest BCUT2D eigenvalue weighted by molar-refractivity contribution is -0.870. The maximum atomic E-state index is 10.2. The molecule has 0 amide bonds. The van der Waals surface area contributed by atoms with Gasteiger partial charge in [-0.1, -0.05) is 103 Å². The fraction of sp³-hybridized carbons (Fsp3) is 0.897. The van der Waals surface area contributed by atoms with Crippen LogP contribution in [-0.4, -0.2) is 38.1 Å². The molecule has 0 saturated heterocycles. The number of carbonyl (C=O) groups is 1. The van der Waals surface area contributed by atoms with Crippen molar-refractivity contribution in [3.8, 4) is 0 Å². The van der Waals surface area contributed by atoms with Crippen molar-refractivity contribution in [1.82, 2.24) is 0 Å². The van der Waals surface area contributed by atoms with Crippen molar-refractivity contribution in [3.05, 3.63) is 12.2 Å². The molecule has 0 saturated carbocycles. The van der Waals surface area contributed by atoms with Crippen molar-refractivity contribution in [2.24, 2.45) is 0 Å². The second kappa shape index (κ2) is 26.4. The number of hydrogen-bond acceptors (Lipinski definition) is 2. The van der Waals surface area contributed by atoms with Gasteiger partial charge in [0.1, 0.15) is 0 Å². The van der Waals surface area contributed by atoms with E-state index in [0.717, 1.165) is 23.7 Å². The summed E-state index contributed by atoms with van der Waals surface area (Å²) in [7, 11) is 6.81. The number of carboxylic acid groups (broad SMARTS) is 1. The normalized spacial score (nSPS) is 11.5. The molecular formula is C29H59NO2. The topological polar surface area (TPSA) is 40.1 Å². The lowest BCUT2D eigenvalue weighted by Crippen LogP contribution is -2.35. The minimum atomic E-state index is -0.914. The number of quaternary nitrogens is 1. The number of rotatable bonds is 22. The quantitative estimate of drug-likeness (QED) is 0.0951. The van der Waals surface area contributed by atoms with Crippen LogP contribution in [0.15, 0.2) is 12.2 Å². The molecular weight excluding hydrogens is 394 g/mol. The molecule has 0 heterocycles. The molecule has 0 rings (SSSR count). The van der Waals surface area contributed by atoms with E-state index < -0.39 is 5.97 Å². The van der Waals surface area contributed by atoms with E-state index in [1.54, 1.807) is 0 Å². The highest BCUT2D eigenvalue weighted by Crippen LogP contribution is 2.10. The van der Waals surface area contributed by atoms with Gasteiger partial charge in [-0.15, -0.1) is 0 Å². The van der Waals surface area contributed by atoms with Gasteiger partial charge in [-0.2, -0.15) is 0 Å². The average Bonchev–Trinajstić information content (AvgIpc) is 2.73. The summed E-state index contributed by atoms with van der Waals surface area (Å²) in [6.45, 7) is 5.85. The van der Waals surface area contributed by atoms with Crippen molar-refractivity contribution in [1.29, 1.82) is 0 Å².